The average Bonchev–Trinajstić information content (AvgIpc) is 3.17. The van der Waals surface area contributed by atoms with Gasteiger partial charge in [-0.25, -0.2) is 9.66 Å². The third-order valence-corrected chi connectivity index (χ3v) is 5.39. The number of rotatable bonds is 3. The van der Waals surface area contributed by atoms with Crippen LogP contribution in [0.15, 0.2) is 66.0 Å². The second-order valence-electron chi connectivity index (χ2n) is 7.59. The molecule has 0 saturated carbocycles. The van der Waals surface area contributed by atoms with Crippen LogP contribution in [0.5, 0.6) is 11.5 Å². The second-order valence-corrected chi connectivity index (χ2v) is 7.59. The van der Waals surface area contributed by atoms with Gasteiger partial charge in [0.2, 0.25) is 0 Å². The van der Waals surface area contributed by atoms with Crippen LogP contribution >= 0.6 is 0 Å². The van der Waals surface area contributed by atoms with Crippen LogP contribution in [0, 0.1) is 0 Å². The van der Waals surface area contributed by atoms with Gasteiger partial charge in [-0.1, -0.05) is 0 Å². The molecule has 0 fully saturated rings. The average molecular weight is 455 g/mol. The van der Waals surface area contributed by atoms with E-state index in [4.69, 9.17) is 9.47 Å². The third kappa shape index (κ3) is 3.39. The number of hydrogen-bond donors (Lipinski definition) is 1. The summed E-state index contributed by atoms with van der Waals surface area (Å²) in [6.45, 7) is 1.07. The lowest BCUT2D eigenvalue weighted by molar-refractivity contribution is 0.101. The Morgan fingerprint density at radius 1 is 1.06 bits per heavy atom. The molecule has 0 saturated heterocycles. The van der Waals surface area contributed by atoms with Gasteiger partial charge in [0, 0.05) is 42.3 Å². The lowest BCUT2D eigenvalue weighted by atomic mass is 10.2. The molecule has 1 amide bonds. The predicted octanol–water partition coefficient (Wildman–Crippen LogP) is 2.05. The normalized spacial score (nSPS) is 13.1. The van der Waals surface area contributed by atoms with Crippen LogP contribution in [-0.4, -0.2) is 48.4 Å². The molecule has 5 aromatic rings. The summed E-state index contributed by atoms with van der Waals surface area (Å²) < 4.78 is 13.8. The van der Waals surface area contributed by atoms with Gasteiger partial charge in [0.1, 0.15) is 0 Å². The number of ether oxygens (including phenoxy) is 2. The van der Waals surface area contributed by atoms with Crippen molar-refractivity contribution >= 4 is 22.6 Å². The number of benzene rings is 1. The first-order valence-electron chi connectivity index (χ1n) is 10.6. The van der Waals surface area contributed by atoms with Crippen molar-refractivity contribution in [2.24, 2.45) is 0 Å². The number of nitrogens with one attached hydrogen (secondary N) is 1. The molecule has 11 nitrogen and oxygen atoms in total. The van der Waals surface area contributed by atoms with Gasteiger partial charge in [0.15, 0.2) is 17.3 Å². The Labute approximate surface area is 191 Å². The molecule has 1 aliphatic rings. The molecule has 1 aromatic carbocycles. The topological polar surface area (TPSA) is 126 Å². The minimum Gasteiger partial charge on any atom is -0.490 e. The standard InChI is InChI=1S/C23H17N7O4/c31-21(14-4-5-18-19(11-14)34-10-2-9-33-18)28-29-8-6-17-16(22(29)32)13-25-23-26-20(27-30(17)23)15-3-1-7-24-12-15/h1,3-8,11-13H,2,9-10H2,(H,28,31). The molecule has 0 unspecified atom stereocenters. The van der Waals surface area contributed by atoms with Crippen molar-refractivity contribution in [2.45, 2.75) is 6.42 Å². The SMILES string of the molecule is O=C(Nn1ccc2c(cnc3nc(-c4cccnc4)nn32)c1=O)c1ccc2c(c1)OCCCO2. The van der Waals surface area contributed by atoms with Gasteiger partial charge in [0.25, 0.3) is 17.2 Å². The van der Waals surface area contributed by atoms with Crippen molar-refractivity contribution in [2.75, 3.05) is 18.6 Å². The molecular formula is C23H17N7O4. The number of nitrogens with zero attached hydrogens (tertiary/aromatic N) is 6. The van der Waals surface area contributed by atoms with E-state index >= 15 is 0 Å². The molecule has 0 bridgehead atoms. The number of aromatic nitrogens is 6. The number of hydrogen-bond acceptors (Lipinski definition) is 8. The molecule has 0 aliphatic carbocycles. The van der Waals surface area contributed by atoms with Crippen molar-refractivity contribution in [3.8, 4) is 22.9 Å². The Kier molecular flexibility index (Phi) is 4.65. The largest absolute Gasteiger partial charge is 0.490 e. The summed E-state index contributed by atoms with van der Waals surface area (Å²) in [5, 5.41) is 4.76. The molecule has 0 radical (unpaired) electrons. The highest BCUT2D eigenvalue weighted by Crippen LogP contribution is 2.30. The van der Waals surface area contributed by atoms with E-state index in [0.29, 0.717) is 47.4 Å². The maximum Gasteiger partial charge on any atom is 0.280 e. The van der Waals surface area contributed by atoms with Gasteiger partial charge in [-0.2, -0.15) is 9.50 Å². The Bertz CT molecular complexity index is 1610. The fourth-order valence-electron chi connectivity index (χ4n) is 3.70. The first-order valence-corrected chi connectivity index (χ1v) is 10.6. The molecule has 5 heterocycles. The summed E-state index contributed by atoms with van der Waals surface area (Å²) in [5.41, 5.74) is 3.74. The molecule has 1 N–H and O–H groups in total. The fourth-order valence-corrected chi connectivity index (χ4v) is 3.70. The summed E-state index contributed by atoms with van der Waals surface area (Å²) in [6, 6.07) is 10.2. The van der Waals surface area contributed by atoms with Crippen molar-refractivity contribution in [1.82, 2.24) is 29.2 Å². The van der Waals surface area contributed by atoms with Crippen LogP contribution in [-0.2, 0) is 0 Å². The minimum atomic E-state index is -0.467. The molecule has 168 valence electrons. The summed E-state index contributed by atoms with van der Waals surface area (Å²) in [7, 11) is 0. The Hall–Kier alpha value is -4.80. The molecule has 4 aromatic heterocycles. The molecule has 11 heteroatoms. The fraction of sp³-hybridized carbons (Fsp3) is 0.130. The first-order chi connectivity index (χ1) is 16.7. The Morgan fingerprint density at radius 2 is 1.94 bits per heavy atom. The Balaban J connectivity index is 1.34. The van der Waals surface area contributed by atoms with Gasteiger partial charge in [0.05, 0.1) is 24.1 Å². The predicted molar refractivity (Wildman–Crippen MR) is 122 cm³/mol. The van der Waals surface area contributed by atoms with Crippen LogP contribution in [0.1, 0.15) is 16.8 Å². The van der Waals surface area contributed by atoms with E-state index in [2.05, 4.69) is 25.5 Å². The van der Waals surface area contributed by atoms with Gasteiger partial charge in [-0.15, -0.1) is 5.10 Å². The van der Waals surface area contributed by atoms with Gasteiger partial charge < -0.3 is 9.47 Å². The Morgan fingerprint density at radius 3 is 2.79 bits per heavy atom. The molecular weight excluding hydrogens is 438 g/mol. The zero-order chi connectivity index (χ0) is 23.1. The first kappa shape index (κ1) is 19.9. The zero-order valence-corrected chi connectivity index (χ0v) is 17.7. The molecule has 1 aliphatic heterocycles. The van der Waals surface area contributed by atoms with E-state index in [1.807, 2.05) is 6.07 Å². The highest BCUT2D eigenvalue weighted by molar-refractivity contribution is 6.00. The van der Waals surface area contributed by atoms with Crippen LogP contribution in [0.4, 0.5) is 0 Å². The zero-order valence-electron chi connectivity index (χ0n) is 17.7. The summed E-state index contributed by atoms with van der Waals surface area (Å²) in [5.74, 6) is 1.41. The number of carbonyl (C=O) groups is 1. The van der Waals surface area contributed by atoms with Gasteiger partial charge >= 0.3 is 0 Å². The second kappa shape index (κ2) is 7.96. The van der Waals surface area contributed by atoms with E-state index in [0.717, 1.165) is 16.7 Å². The van der Waals surface area contributed by atoms with E-state index in [9.17, 15) is 9.59 Å². The highest BCUT2D eigenvalue weighted by Gasteiger charge is 2.16. The van der Waals surface area contributed by atoms with Crippen LogP contribution < -0.4 is 20.5 Å². The number of carbonyl (C=O) groups excluding carboxylic acids is 1. The van der Waals surface area contributed by atoms with Crippen LogP contribution in [0.2, 0.25) is 0 Å². The molecule has 6 rings (SSSR count). The smallest absolute Gasteiger partial charge is 0.280 e. The third-order valence-electron chi connectivity index (χ3n) is 5.39. The number of amides is 1. The highest BCUT2D eigenvalue weighted by atomic mass is 16.5. The van der Waals surface area contributed by atoms with E-state index in [1.165, 1.54) is 16.9 Å². The van der Waals surface area contributed by atoms with E-state index < -0.39 is 11.5 Å². The van der Waals surface area contributed by atoms with Gasteiger partial charge in [-0.3, -0.25) is 20.0 Å². The summed E-state index contributed by atoms with van der Waals surface area (Å²) in [4.78, 5) is 38.7. The number of fused-ring (bicyclic) bond motifs is 4. The van der Waals surface area contributed by atoms with Crippen molar-refractivity contribution < 1.29 is 14.3 Å². The molecule has 0 atom stereocenters. The van der Waals surface area contributed by atoms with Crippen molar-refractivity contribution in [3.05, 3.63) is 77.1 Å². The summed E-state index contributed by atoms with van der Waals surface area (Å²) >= 11 is 0. The van der Waals surface area contributed by atoms with Crippen molar-refractivity contribution in [1.29, 1.82) is 0 Å². The lowest BCUT2D eigenvalue weighted by Crippen LogP contribution is -2.33. The minimum absolute atomic E-state index is 0.275. The molecule has 34 heavy (non-hydrogen) atoms. The number of pyridine rings is 2. The quantitative estimate of drug-likeness (QED) is 0.438. The van der Waals surface area contributed by atoms with Gasteiger partial charge in [-0.05, 0) is 36.4 Å². The van der Waals surface area contributed by atoms with E-state index in [-0.39, 0.29) is 5.39 Å². The monoisotopic (exact) mass is 455 g/mol. The maximum absolute atomic E-state index is 13.1. The van der Waals surface area contributed by atoms with E-state index in [1.54, 1.807) is 42.7 Å². The maximum atomic E-state index is 13.1. The molecule has 0 spiro atoms. The van der Waals surface area contributed by atoms with Crippen molar-refractivity contribution in [3.63, 3.8) is 0 Å². The van der Waals surface area contributed by atoms with Crippen LogP contribution in [0.25, 0.3) is 28.1 Å². The summed E-state index contributed by atoms with van der Waals surface area (Å²) in [6.07, 6.45) is 6.97. The lowest BCUT2D eigenvalue weighted by Gasteiger charge is -2.11. The van der Waals surface area contributed by atoms with Crippen LogP contribution in [0.3, 0.4) is 0 Å².